The smallest absolute Gasteiger partial charge is 0.333 e. The van der Waals surface area contributed by atoms with E-state index in [0.717, 1.165) is 55.1 Å². The van der Waals surface area contributed by atoms with Crippen LogP contribution in [-0.2, 0) is 66.7 Å². The number of hydrogen-bond donors (Lipinski definition) is 3. The number of phenolic OH excluding ortho intramolecular Hbond substituents is 1. The van der Waals surface area contributed by atoms with Gasteiger partial charge in [0.05, 0.1) is 30.8 Å². The molecule has 0 bridgehead atoms. The molecule has 0 fully saturated rings. The third-order valence-electron chi connectivity index (χ3n) is 11.7. The maximum absolute atomic E-state index is 11.2. The Hall–Kier alpha value is -8.93. The lowest BCUT2D eigenvalue weighted by Gasteiger charge is -2.30. The van der Waals surface area contributed by atoms with E-state index in [1.165, 1.54) is 46.2 Å². The van der Waals surface area contributed by atoms with Gasteiger partial charge < -0.3 is 48.5 Å². The fourth-order valence-corrected chi connectivity index (χ4v) is 5.15. The normalized spacial score (nSPS) is 9.51. The first-order chi connectivity index (χ1) is 52.9. The Bertz CT molecular complexity index is 2750. The molecule has 0 aromatic heterocycles. The third kappa shape index (κ3) is 124. The van der Waals surface area contributed by atoms with Crippen molar-refractivity contribution < 1.29 is 82.0 Å². The van der Waals surface area contributed by atoms with Crippen molar-refractivity contribution in [3.05, 3.63) is 224 Å². The minimum Gasteiger partial charge on any atom is -0.508 e. The van der Waals surface area contributed by atoms with Crippen molar-refractivity contribution in [3.63, 3.8) is 0 Å². The molecule has 0 aliphatic carbocycles. The van der Waals surface area contributed by atoms with Gasteiger partial charge in [-0.25, -0.2) is 33.6 Å². The Labute approximate surface area is 690 Å². The number of aliphatic hydroxyl groups is 2. The van der Waals surface area contributed by atoms with Gasteiger partial charge in [0, 0.05) is 41.5 Å². The summed E-state index contributed by atoms with van der Waals surface area (Å²) < 4.78 is 33.5. The molecule has 0 aliphatic rings. The first-order valence-corrected chi connectivity index (χ1v) is 39.7. The Morgan fingerprint density at radius 3 is 0.867 bits per heavy atom. The minimum absolute atomic E-state index is 0.0569. The summed E-state index contributed by atoms with van der Waals surface area (Å²) in [5, 5.41) is 26.6. The van der Waals surface area contributed by atoms with E-state index in [0.29, 0.717) is 54.8 Å². The van der Waals surface area contributed by atoms with Crippen molar-refractivity contribution >= 4 is 41.8 Å². The van der Waals surface area contributed by atoms with Crippen molar-refractivity contribution in [1.82, 2.24) is 0 Å². The molecule has 3 N–H and O–H groups in total. The Morgan fingerprint density at radius 2 is 0.646 bits per heavy atom. The minimum atomic E-state index is -0.837. The number of esters is 7. The topological polar surface area (TPSA) is 245 Å². The SMILES string of the molecule is C=C(C)C(=O)OCC(O)CC.C=C(C)C(=O)OCCC.C=CC(=O)OCC(CC)(COC(=O)C=C)COC(=O)C=C.C=CC(=O)OCC(O)CC.C=CC(=O)OCCC.CC.CC.CC.CC(C)(C)C.CC(C)C.CCC.CCC(C)C.Cc1ccc(C)cc1.Cc1ccc(O)cc1.Cc1cccc(C)c1.Cc1ccccc1. The summed E-state index contributed by atoms with van der Waals surface area (Å²) in [4.78, 5) is 75.4. The zero-order valence-corrected chi connectivity index (χ0v) is 76.9. The second-order valence-corrected chi connectivity index (χ2v) is 27.0. The number of phenols is 1. The molecule has 4 aromatic carbocycles. The molecule has 0 radical (unpaired) electrons. The molecule has 2 atom stereocenters. The summed E-state index contributed by atoms with van der Waals surface area (Å²) in [6.07, 6.45) is 10.1. The van der Waals surface area contributed by atoms with Gasteiger partial charge in [-0.3, -0.25) is 0 Å². The van der Waals surface area contributed by atoms with Crippen LogP contribution < -0.4 is 0 Å². The first-order valence-electron chi connectivity index (χ1n) is 39.7. The van der Waals surface area contributed by atoms with E-state index in [2.05, 4.69) is 239 Å². The molecule has 650 valence electrons. The summed E-state index contributed by atoms with van der Waals surface area (Å²) in [6, 6.07) is 34.3. The van der Waals surface area contributed by atoms with Crippen molar-refractivity contribution in [1.29, 1.82) is 0 Å². The van der Waals surface area contributed by atoms with E-state index in [1.807, 2.05) is 106 Å². The molecular weight excluding hydrogens is 1430 g/mol. The molecule has 0 saturated heterocycles. The standard InChI is InChI=1S/C15H20O6.C8H14O3.2C8H10.C7H12O3.C7H12O2.C7H8O.C7H8.C6H10O2.2C5H12.C4H10.C3H8.3C2H6/c1-5-12(16)19-9-15(8-4,10-20-13(17)6-2)11-21-14(18)7-3;1-4-7(9)5-11-8(10)6(2)3;1-7-3-5-8(2)6-4-7;1-7-4-3-5-8(2)6-7;1-3-6(8)5-10-7(9)4-2;1-4-5-9-7(8)6(2)3;1-6-2-4-7(8)5-3-6;1-7-5-3-2-4-6-7;1-3-5-8-6(7)4-2;1-5(2,3)4;1-4-5(2)3;1-4(2)3;1-3-2;3*1-2/h5-7H,1-3,8-11H2,4H3;7,9H,2,4-5H2,1,3H3;2*3-6H,1-2H3;4,6,8H,2-3,5H2,1H3;2,4-5H2,1,3H3;2-5,8H,1H3;2-6H,1H3;4H,2-3,5H2,1H3;1-4H3;5H,4H2,1-3H3;4H,1-3H3;3H2,1-2H3;3*1-2H3. The lowest BCUT2D eigenvalue weighted by molar-refractivity contribution is -0.156. The molecule has 0 aliphatic heterocycles. The molecule has 17 nitrogen and oxygen atoms in total. The van der Waals surface area contributed by atoms with Crippen LogP contribution in [0, 0.1) is 64.2 Å². The van der Waals surface area contributed by atoms with Gasteiger partial charge >= 0.3 is 41.8 Å². The second-order valence-electron chi connectivity index (χ2n) is 27.0. The number of aliphatic hydroxyl groups excluding tert-OH is 2. The molecule has 113 heavy (non-hydrogen) atoms. The van der Waals surface area contributed by atoms with Gasteiger partial charge in [-0.05, 0) is 117 Å². The summed E-state index contributed by atoms with van der Waals surface area (Å²) in [6.45, 7) is 87.2. The quantitative estimate of drug-likeness (QED) is 0.0317. The number of aromatic hydroxyl groups is 1. The van der Waals surface area contributed by atoms with Crippen molar-refractivity contribution in [2.45, 2.75) is 272 Å². The van der Waals surface area contributed by atoms with E-state index < -0.39 is 47.5 Å². The summed E-state index contributed by atoms with van der Waals surface area (Å²) in [5.41, 5.74) is 8.30. The van der Waals surface area contributed by atoms with Crippen LogP contribution in [0.1, 0.15) is 251 Å². The van der Waals surface area contributed by atoms with E-state index in [1.54, 1.807) is 32.9 Å². The number of carbonyl (C=O) groups is 7. The lowest BCUT2D eigenvalue weighted by Crippen LogP contribution is -2.38. The summed E-state index contributed by atoms with van der Waals surface area (Å²) in [7, 11) is 0. The van der Waals surface area contributed by atoms with Crippen LogP contribution >= 0.6 is 0 Å². The number of carbonyl (C=O) groups excluding carboxylic acids is 7. The van der Waals surface area contributed by atoms with E-state index in [-0.39, 0.29) is 45.0 Å². The molecule has 0 heterocycles. The molecular formula is C96H164O17. The average Bonchev–Trinajstić information content (AvgIpc) is 0.864. The van der Waals surface area contributed by atoms with Crippen molar-refractivity contribution in [3.8, 4) is 5.75 Å². The first kappa shape index (κ1) is 130. The molecule has 0 saturated carbocycles. The average molecular weight is 1590 g/mol. The number of benzene rings is 4. The highest BCUT2D eigenvalue weighted by molar-refractivity contribution is 5.87. The Morgan fingerprint density at radius 1 is 0.398 bits per heavy atom. The van der Waals surface area contributed by atoms with Gasteiger partial charge in [0.25, 0.3) is 0 Å². The highest BCUT2D eigenvalue weighted by Gasteiger charge is 2.33. The third-order valence-corrected chi connectivity index (χ3v) is 11.7. The zero-order valence-electron chi connectivity index (χ0n) is 76.9. The van der Waals surface area contributed by atoms with Gasteiger partial charge in [0.2, 0.25) is 0 Å². The van der Waals surface area contributed by atoms with Gasteiger partial charge in [-0.1, -0.05) is 343 Å². The van der Waals surface area contributed by atoms with Gasteiger partial charge in [-0.2, -0.15) is 0 Å². The number of ether oxygens (including phenoxy) is 7. The molecule has 0 amide bonds. The summed E-state index contributed by atoms with van der Waals surface area (Å²) >= 11 is 0. The molecule has 2 unspecified atom stereocenters. The van der Waals surface area contributed by atoms with Crippen LogP contribution in [0.4, 0.5) is 0 Å². The lowest BCUT2D eigenvalue weighted by atomic mass is 9.88. The maximum atomic E-state index is 11.2. The Kier molecular flexibility index (Phi) is 110. The molecule has 4 aromatic rings. The predicted octanol–water partition coefficient (Wildman–Crippen LogP) is 24.1. The molecule has 4 rings (SSSR count). The number of rotatable bonds is 25. The van der Waals surface area contributed by atoms with E-state index in [9.17, 15) is 33.6 Å². The van der Waals surface area contributed by atoms with Crippen molar-refractivity contribution in [2.75, 3.05) is 46.2 Å². The monoisotopic (exact) mass is 1590 g/mol. The van der Waals surface area contributed by atoms with Crippen LogP contribution in [0.3, 0.4) is 0 Å². The number of hydrogen-bond acceptors (Lipinski definition) is 17. The second kappa shape index (κ2) is 95.4. The molecule has 17 heteroatoms. The highest BCUT2D eigenvalue weighted by Crippen LogP contribution is 2.25. The molecule has 0 spiro atoms. The van der Waals surface area contributed by atoms with Crippen LogP contribution in [0.5, 0.6) is 5.75 Å². The fraction of sp³-hybridized carbons (Fsp3) is 0.531. The maximum Gasteiger partial charge on any atom is 0.333 e. The van der Waals surface area contributed by atoms with Gasteiger partial charge in [0.1, 0.15) is 38.8 Å². The van der Waals surface area contributed by atoms with Crippen LogP contribution in [0.25, 0.3) is 0 Å². The van der Waals surface area contributed by atoms with Crippen molar-refractivity contribution in [2.24, 2.45) is 22.7 Å². The summed E-state index contributed by atoms with van der Waals surface area (Å²) in [5.74, 6) is -1.37. The number of aryl methyl sites for hydroxylation is 6. The van der Waals surface area contributed by atoms with Gasteiger partial charge in [0.15, 0.2) is 0 Å². The van der Waals surface area contributed by atoms with Crippen LogP contribution in [-0.4, -0.2) is 116 Å². The highest BCUT2D eigenvalue weighted by atomic mass is 16.6. The largest absolute Gasteiger partial charge is 0.508 e. The van der Waals surface area contributed by atoms with E-state index >= 15 is 0 Å². The van der Waals surface area contributed by atoms with Crippen LogP contribution in [0.2, 0.25) is 0 Å². The van der Waals surface area contributed by atoms with E-state index in [4.69, 9.17) is 34.3 Å². The fourth-order valence-electron chi connectivity index (χ4n) is 5.15. The Balaban J connectivity index is -0.0000000998. The van der Waals surface area contributed by atoms with Gasteiger partial charge in [-0.15, -0.1) is 0 Å². The predicted molar refractivity (Wildman–Crippen MR) is 480 cm³/mol. The zero-order chi connectivity index (χ0) is 91.0. The van der Waals surface area contributed by atoms with Crippen LogP contribution in [0.15, 0.2) is 191 Å².